The molecule has 2 heterocycles. The number of ether oxygens (including phenoxy) is 1. The summed E-state index contributed by atoms with van der Waals surface area (Å²) in [5, 5.41) is 2.78. The highest BCUT2D eigenvalue weighted by Crippen LogP contribution is 2.20. The molecule has 1 aliphatic rings. The van der Waals surface area contributed by atoms with E-state index in [1.807, 2.05) is 19.1 Å². The minimum atomic E-state index is -0.398. The van der Waals surface area contributed by atoms with Gasteiger partial charge in [-0.25, -0.2) is 4.98 Å². The molecule has 0 aromatic carbocycles. The Morgan fingerprint density at radius 2 is 2.47 bits per heavy atom. The molecule has 3 N–H and O–H groups in total. The molecule has 2 unspecified atom stereocenters. The molecule has 0 saturated carbocycles. The lowest BCUT2D eigenvalue weighted by molar-refractivity contribution is -0.126. The zero-order valence-corrected chi connectivity index (χ0v) is 9.85. The van der Waals surface area contributed by atoms with Gasteiger partial charge in [0, 0.05) is 12.7 Å². The van der Waals surface area contributed by atoms with Crippen LogP contribution in [0.1, 0.15) is 18.4 Å². The van der Waals surface area contributed by atoms with Crippen molar-refractivity contribution in [2.45, 2.75) is 32.0 Å². The summed E-state index contributed by atoms with van der Waals surface area (Å²) in [5.41, 5.74) is 6.44. The van der Waals surface area contributed by atoms with Gasteiger partial charge in [0.15, 0.2) is 0 Å². The van der Waals surface area contributed by atoms with E-state index in [9.17, 15) is 4.79 Å². The SMILES string of the molecule is Cc1cccnc1NC(=O)C1CCC(CN)O1. The van der Waals surface area contributed by atoms with Gasteiger partial charge in [-0.15, -0.1) is 0 Å². The van der Waals surface area contributed by atoms with E-state index in [2.05, 4.69) is 10.3 Å². The molecular weight excluding hydrogens is 218 g/mol. The number of amides is 1. The van der Waals surface area contributed by atoms with Crippen LogP contribution in [0, 0.1) is 6.92 Å². The number of nitrogens with one attached hydrogen (secondary N) is 1. The maximum absolute atomic E-state index is 11.9. The number of nitrogens with two attached hydrogens (primary N) is 1. The van der Waals surface area contributed by atoms with Gasteiger partial charge in [-0.3, -0.25) is 4.79 Å². The van der Waals surface area contributed by atoms with Crippen molar-refractivity contribution in [2.75, 3.05) is 11.9 Å². The number of aromatic nitrogens is 1. The first kappa shape index (κ1) is 12.0. The van der Waals surface area contributed by atoms with E-state index in [0.717, 1.165) is 18.4 Å². The molecule has 0 aliphatic carbocycles. The summed E-state index contributed by atoms with van der Waals surface area (Å²) in [7, 11) is 0. The molecule has 1 aromatic heterocycles. The molecule has 5 heteroatoms. The monoisotopic (exact) mass is 235 g/mol. The van der Waals surface area contributed by atoms with E-state index in [1.54, 1.807) is 6.20 Å². The lowest BCUT2D eigenvalue weighted by Crippen LogP contribution is -2.30. The van der Waals surface area contributed by atoms with Crippen molar-refractivity contribution in [3.8, 4) is 0 Å². The third-order valence-corrected chi connectivity index (χ3v) is 2.91. The highest BCUT2D eigenvalue weighted by molar-refractivity contribution is 5.94. The second-order valence-electron chi connectivity index (χ2n) is 4.22. The first-order valence-corrected chi connectivity index (χ1v) is 5.78. The van der Waals surface area contributed by atoms with Crippen LogP contribution in [-0.2, 0) is 9.53 Å². The Bertz CT molecular complexity index is 408. The molecule has 1 fully saturated rings. The molecule has 17 heavy (non-hydrogen) atoms. The first-order valence-electron chi connectivity index (χ1n) is 5.78. The molecule has 92 valence electrons. The number of aryl methyl sites for hydroxylation is 1. The quantitative estimate of drug-likeness (QED) is 0.813. The van der Waals surface area contributed by atoms with Crippen LogP contribution >= 0.6 is 0 Å². The summed E-state index contributed by atoms with van der Waals surface area (Å²) in [5.74, 6) is 0.458. The van der Waals surface area contributed by atoms with Gasteiger partial charge >= 0.3 is 0 Å². The second kappa shape index (κ2) is 5.25. The summed E-state index contributed by atoms with van der Waals surface area (Å²) in [6.45, 7) is 2.37. The Hall–Kier alpha value is -1.46. The van der Waals surface area contributed by atoms with Crippen molar-refractivity contribution >= 4 is 11.7 Å². The molecule has 0 bridgehead atoms. The number of pyridine rings is 1. The number of nitrogens with zero attached hydrogens (tertiary/aromatic N) is 1. The number of carbonyl (C=O) groups is 1. The molecule has 2 atom stereocenters. The molecule has 0 radical (unpaired) electrons. The molecule has 1 saturated heterocycles. The highest BCUT2D eigenvalue weighted by atomic mass is 16.5. The number of rotatable bonds is 3. The molecular formula is C12H17N3O2. The Balaban J connectivity index is 1.96. The fourth-order valence-corrected chi connectivity index (χ4v) is 1.89. The van der Waals surface area contributed by atoms with Gasteiger partial charge in [0.05, 0.1) is 6.10 Å². The van der Waals surface area contributed by atoms with Crippen LogP contribution in [0.2, 0.25) is 0 Å². The van der Waals surface area contributed by atoms with E-state index in [4.69, 9.17) is 10.5 Å². The summed E-state index contributed by atoms with van der Waals surface area (Å²) in [6, 6.07) is 3.74. The number of hydrogen-bond donors (Lipinski definition) is 2. The van der Waals surface area contributed by atoms with Crippen LogP contribution in [0.25, 0.3) is 0 Å². The molecule has 0 spiro atoms. The Labute approximate surface area is 100 Å². The fraction of sp³-hybridized carbons (Fsp3) is 0.500. The van der Waals surface area contributed by atoms with Gasteiger partial charge in [-0.1, -0.05) is 6.07 Å². The van der Waals surface area contributed by atoms with Crippen molar-refractivity contribution in [1.82, 2.24) is 4.98 Å². The highest BCUT2D eigenvalue weighted by Gasteiger charge is 2.30. The molecule has 1 amide bonds. The largest absolute Gasteiger partial charge is 0.364 e. The molecule has 5 nitrogen and oxygen atoms in total. The van der Waals surface area contributed by atoms with E-state index in [1.165, 1.54) is 0 Å². The van der Waals surface area contributed by atoms with E-state index in [0.29, 0.717) is 12.4 Å². The zero-order valence-electron chi connectivity index (χ0n) is 9.85. The van der Waals surface area contributed by atoms with E-state index in [-0.39, 0.29) is 12.0 Å². The van der Waals surface area contributed by atoms with Crippen molar-refractivity contribution in [2.24, 2.45) is 5.73 Å². The Morgan fingerprint density at radius 1 is 1.65 bits per heavy atom. The van der Waals surface area contributed by atoms with E-state index >= 15 is 0 Å². The molecule has 2 rings (SSSR count). The lowest BCUT2D eigenvalue weighted by Gasteiger charge is -2.13. The van der Waals surface area contributed by atoms with Crippen LogP contribution < -0.4 is 11.1 Å². The van der Waals surface area contributed by atoms with Gasteiger partial charge in [0.25, 0.3) is 5.91 Å². The van der Waals surface area contributed by atoms with Gasteiger partial charge in [0.1, 0.15) is 11.9 Å². The average molecular weight is 235 g/mol. The zero-order chi connectivity index (χ0) is 12.3. The molecule has 1 aliphatic heterocycles. The molecule has 1 aromatic rings. The summed E-state index contributed by atoms with van der Waals surface area (Å²) < 4.78 is 5.52. The van der Waals surface area contributed by atoms with Crippen LogP contribution in [0.4, 0.5) is 5.82 Å². The lowest BCUT2D eigenvalue weighted by atomic mass is 10.2. The van der Waals surface area contributed by atoms with Crippen LogP contribution in [0.3, 0.4) is 0 Å². The fourth-order valence-electron chi connectivity index (χ4n) is 1.89. The summed E-state index contributed by atoms with van der Waals surface area (Å²) in [6.07, 6.45) is 2.83. The summed E-state index contributed by atoms with van der Waals surface area (Å²) >= 11 is 0. The number of anilines is 1. The van der Waals surface area contributed by atoms with Crippen LogP contribution in [0.5, 0.6) is 0 Å². The average Bonchev–Trinajstić information content (AvgIpc) is 2.81. The van der Waals surface area contributed by atoms with Crippen molar-refractivity contribution in [1.29, 1.82) is 0 Å². The van der Waals surface area contributed by atoms with Crippen molar-refractivity contribution < 1.29 is 9.53 Å². The third-order valence-electron chi connectivity index (χ3n) is 2.91. The van der Waals surface area contributed by atoms with Gasteiger partial charge < -0.3 is 15.8 Å². The van der Waals surface area contributed by atoms with Crippen LogP contribution in [0.15, 0.2) is 18.3 Å². The predicted octanol–water partition coefficient (Wildman–Crippen LogP) is 0.835. The Kier molecular flexibility index (Phi) is 3.71. The minimum Gasteiger partial charge on any atom is -0.364 e. The minimum absolute atomic E-state index is 0.00980. The van der Waals surface area contributed by atoms with Gasteiger partial charge in [0.2, 0.25) is 0 Å². The second-order valence-corrected chi connectivity index (χ2v) is 4.22. The van der Waals surface area contributed by atoms with Crippen molar-refractivity contribution in [3.63, 3.8) is 0 Å². The standard InChI is InChI=1S/C12H17N3O2/c1-8-3-2-6-14-11(8)15-12(16)10-5-4-9(7-13)17-10/h2-3,6,9-10H,4-5,7,13H2,1H3,(H,14,15,16). The normalized spacial score (nSPS) is 23.6. The third kappa shape index (κ3) is 2.81. The van der Waals surface area contributed by atoms with E-state index < -0.39 is 6.10 Å². The maximum atomic E-state index is 11.9. The number of hydrogen-bond acceptors (Lipinski definition) is 4. The smallest absolute Gasteiger partial charge is 0.254 e. The predicted molar refractivity (Wildman–Crippen MR) is 64.6 cm³/mol. The van der Waals surface area contributed by atoms with Gasteiger partial charge in [-0.05, 0) is 31.4 Å². The van der Waals surface area contributed by atoms with Gasteiger partial charge in [-0.2, -0.15) is 0 Å². The maximum Gasteiger partial charge on any atom is 0.254 e. The summed E-state index contributed by atoms with van der Waals surface area (Å²) in [4.78, 5) is 16.0. The topological polar surface area (TPSA) is 77.2 Å². The number of carbonyl (C=O) groups excluding carboxylic acids is 1. The van der Waals surface area contributed by atoms with Crippen LogP contribution in [-0.4, -0.2) is 29.6 Å². The van der Waals surface area contributed by atoms with Crippen molar-refractivity contribution in [3.05, 3.63) is 23.9 Å². The first-order chi connectivity index (χ1) is 8.20. The Morgan fingerprint density at radius 3 is 3.12 bits per heavy atom.